The van der Waals surface area contributed by atoms with Crippen molar-refractivity contribution in [2.24, 2.45) is 0 Å². The normalized spacial score (nSPS) is 13.4. The molecule has 0 amide bonds. The Bertz CT molecular complexity index is 866. The second kappa shape index (κ2) is 11.7. The van der Waals surface area contributed by atoms with E-state index in [1.54, 1.807) is 25.5 Å². The fourth-order valence-corrected chi connectivity index (χ4v) is 3.44. The van der Waals surface area contributed by atoms with Gasteiger partial charge in [-0.25, -0.2) is 4.39 Å². The summed E-state index contributed by atoms with van der Waals surface area (Å²) in [5.41, 5.74) is 2.03. The summed E-state index contributed by atoms with van der Waals surface area (Å²) in [6, 6.07) is 14.4. The van der Waals surface area contributed by atoms with Gasteiger partial charge in [-0.3, -0.25) is 0 Å². The summed E-state index contributed by atoms with van der Waals surface area (Å²) in [7, 11) is 1.67. The molecule has 3 aromatic rings. The number of rotatable bonds is 13. The van der Waals surface area contributed by atoms with Crippen LogP contribution in [0.1, 0.15) is 17.0 Å². The average Bonchev–Trinajstić information content (AvgIpc) is 3.39. The maximum Gasteiger partial charge on any atom is 0.129 e. The molecule has 0 bridgehead atoms. The van der Waals surface area contributed by atoms with Gasteiger partial charge in [0.05, 0.1) is 25.2 Å². The van der Waals surface area contributed by atoms with Crippen molar-refractivity contribution in [3.8, 4) is 0 Å². The molecule has 0 fully saturated rings. The van der Waals surface area contributed by atoms with E-state index in [1.165, 1.54) is 11.0 Å². The van der Waals surface area contributed by atoms with Crippen molar-refractivity contribution in [2.75, 3.05) is 33.4 Å². The van der Waals surface area contributed by atoms with Gasteiger partial charge >= 0.3 is 0 Å². The van der Waals surface area contributed by atoms with Crippen LogP contribution >= 0.6 is 0 Å². The number of nitrogens with one attached hydrogen (secondary N) is 1. The van der Waals surface area contributed by atoms with Crippen LogP contribution in [-0.4, -0.2) is 49.2 Å². The van der Waals surface area contributed by atoms with Crippen LogP contribution in [0.15, 0.2) is 65.4 Å². The minimum Gasteiger partial charge on any atom is -0.467 e. The molecule has 1 unspecified atom stereocenters. The Kier molecular flexibility index (Phi) is 8.65. The first-order valence-electron chi connectivity index (χ1n) is 10.1. The van der Waals surface area contributed by atoms with Gasteiger partial charge in [-0.1, -0.05) is 12.1 Å². The minimum atomic E-state index is -0.599. The molecule has 2 N–H and O–H groups in total. The van der Waals surface area contributed by atoms with E-state index in [0.29, 0.717) is 26.3 Å². The van der Waals surface area contributed by atoms with E-state index < -0.39 is 6.10 Å². The van der Waals surface area contributed by atoms with E-state index in [2.05, 4.69) is 10.6 Å². The Morgan fingerprint density at radius 3 is 2.87 bits per heavy atom. The molecule has 0 saturated carbocycles. The number of methoxy groups -OCH3 is 1. The molecule has 0 aliphatic rings. The quantitative estimate of drug-likeness (QED) is 0.446. The van der Waals surface area contributed by atoms with Gasteiger partial charge in [-0.05, 0) is 42.0 Å². The Hall–Kier alpha value is -2.45. The summed E-state index contributed by atoms with van der Waals surface area (Å²) < 4.78 is 31.7. The summed E-state index contributed by atoms with van der Waals surface area (Å²) in [5, 5.41) is 10.4. The molecule has 2 atom stereocenters. The van der Waals surface area contributed by atoms with Crippen LogP contribution in [0.3, 0.4) is 0 Å². The Morgan fingerprint density at radius 2 is 2.10 bits per heavy atom. The highest BCUT2D eigenvalue weighted by Crippen LogP contribution is 2.09. The number of hydrogen-bond donors (Lipinski definition) is 2. The SMILES string of the molecule is COCC[NH+](Cc1cccn1Cc1cccc(F)c1)C[C@H](O)COCc1ccco1. The molecule has 2 aromatic heterocycles. The maximum atomic E-state index is 13.5. The lowest BCUT2D eigenvalue weighted by molar-refractivity contribution is -0.917. The van der Waals surface area contributed by atoms with Gasteiger partial charge in [0, 0.05) is 19.9 Å². The van der Waals surface area contributed by atoms with Crippen molar-refractivity contribution < 1.29 is 28.3 Å². The number of ether oxygens (including phenoxy) is 2. The Morgan fingerprint density at radius 1 is 1.20 bits per heavy atom. The first kappa shape index (κ1) is 22.2. The van der Waals surface area contributed by atoms with Gasteiger partial charge in [0.15, 0.2) is 0 Å². The molecule has 0 aliphatic heterocycles. The number of nitrogens with zero attached hydrogens (tertiary/aromatic N) is 1. The number of hydrogen-bond acceptors (Lipinski definition) is 4. The lowest BCUT2D eigenvalue weighted by atomic mass is 10.2. The number of aliphatic hydroxyl groups is 1. The van der Waals surface area contributed by atoms with Crippen molar-refractivity contribution in [3.63, 3.8) is 0 Å². The zero-order valence-corrected chi connectivity index (χ0v) is 17.3. The molecule has 162 valence electrons. The Balaban J connectivity index is 1.55. The predicted octanol–water partition coefficient (Wildman–Crippen LogP) is 1.88. The summed E-state index contributed by atoms with van der Waals surface area (Å²) in [5.74, 6) is 0.507. The highest BCUT2D eigenvalue weighted by molar-refractivity contribution is 5.18. The van der Waals surface area contributed by atoms with Crippen LogP contribution in [0.25, 0.3) is 0 Å². The van der Waals surface area contributed by atoms with Crippen LogP contribution < -0.4 is 4.90 Å². The van der Waals surface area contributed by atoms with Gasteiger partial charge in [0.1, 0.15) is 43.9 Å². The van der Waals surface area contributed by atoms with Crippen molar-refractivity contribution in [1.82, 2.24) is 4.57 Å². The fourth-order valence-electron chi connectivity index (χ4n) is 3.44. The molecule has 0 saturated heterocycles. The third-order valence-corrected chi connectivity index (χ3v) is 4.92. The highest BCUT2D eigenvalue weighted by Gasteiger charge is 2.18. The molecular formula is C23H30FN2O4+. The zero-order valence-electron chi connectivity index (χ0n) is 17.3. The molecule has 1 aromatic carbocycles. The highest BCUT2D eigenvalue weighted by atomic mass is 19.1. The maximum absolute atomic E-state index is 13.5. The smallest absolute Gasteiger partial charge is 0.129 e. The molecule has 0 aliphatic carbocycles. The van der Waals surface area contributed by atoms with Crippen LogP contribution in [-0.2, 0) is 29.2 Å². The largest absolute Gasteiger partial charge is 0.467 e. The van der Waals surface area contributed by atoms with E-state index in [9.17, 15) is 9.50 Å². The number of aliphatic hydroxyl groups excluding tert-OH is 1. The molecule has 7 heteroatoms. The number of furan rings is 1. The predicted molar refractivity (Wildman–Crippen MR) is 111 cm³/mol. The average molecular weight is 418 g/mol. The number of benzene rings is 1. The molecule has 30 heavy (non-hydrogen) atoms. The topological polar surface area (TPSA) is 61.2 Å². The first-order chi connectivity index (χ1) is 14.6. The third kappa shape index (κ3) is 7.11. The molecular weight excluding hydrogens is 387 g/mol. The van der Waals surface area contributed by atoms with Crippen molar-refractivity contribution in [2.45, 2.75) is 25.8 Å². The van der Waals surface area contributed by atoms with E-state index >= 15 is 0 Å². The fraction of sp³-hybridized carbons (Fsp3) is 0.391. The zero-order chi connectivity index (χ0) is 21.2. The molecule has 3 rings (SSSR count). The molecule has 2 heterocycles. The van der Waals surface area contributed by atoms with Gasteiger partial charge in [0.25, 0.3) is 0 Å². The van der Waals surface area contributed by atoms with E-state index in [4.69, 9.17) is 13.9 Å². The number of halogens is 1. The monoisotopic (exact) mass is 417 g/mol. The van der Waals surface area contributed by atoms with E-state index in [0.717, 1.165) is 30.1 Å². The van der Waals surface area contributed by atoms with Crippen LogP contribution in [0.2, 0.25) is 0 Å². The van der Waals surface area contributed by atoms with Gasteiger partial charge in [-0.2, -0.15) is 0 Å². The van der Waals surface area contributed by atoms with Crippen molar-refractivity contribution in [1.29, 1.82) is 0 Å². The lowest BCUT2D eigenvalue weighted by Crippen LogP contribution is -3.12. The van der Waals surface area contributed by atoms with Crippen LogP contribution in [0.5, 0.6) is 0 Å². The van der Waals surface area contributed by atoms with Crippen LogP contribution in [0, 0.1) is 5.82 Å². The summed E-state index contributed by atoms with van der Waals surface area (Å²) in [6.45, 7) is 3.80. The summed E-state index contributed by atoms with van der Waals surface area (Å²) in [4.78, 5) is 1.19. The first-order valence-corrected chi connectivity index (χ1v) is 10.1. The summed E-state index contributed by atoms with van der Waals surface area (Å²) >= 11 is 0. The van der Waals surface area contributed by atoms with Gasteiger partial charge in [-0.15, -0.1) is 0 Å². The minimum absolute atomic E-state index is 0.230. The Labute approximate surface area is 176 Å². The molecule has 6 nitrogen and oxygen atoms in total. The van der Waals surface area contributed by atoms with Gasteiger partial charge in [0.2, 0.25) is 0 Å². The standard InChI is InChI=1S/C23H29FN2O4/c1-28-12-10-25(16-22(27)17-29-18-23-8-4-11-30-23)15-21-7-3-9-26(21)14-19-5-2-6-20(24)13-19/h2-9,11,13,22,27H,10,12,14-18H2,1H3/p+1/t22-/m0/s1. The van der Waals surface area contributed by atoms with Crippen molar-refractivity contribution in [3.05, 3.63) is 83.8 Å². The molecule has 0 radical (unpaired) electrons. The summed E-state index contributed by atoms with van der Waals surface area (Å²) in [6.07, 6.45) is 3.00. The van der Waals surface area contributed by atoms with E-state index in [1.807, 2.05) is 30.5 Å². The second-order valence-electron chi connectivity index (χ2n) is 7.38. The number of quaternary nitrogens is 1. The van der Waals surface area contributed by atoms with Gasteiger partial charge < -0.3 is 28.5 Å². The van der Waals surface area contributed by atoms with Crippen molar-refractivity contribution >= 4 is 0 Å². The second-order valence-corrected chi connectivity index (χ2v) is 7.38. The third-order valence-electron chi connectivity index (χ3n) is 4.92. The van der Waals surface area contributed by atoms with E-state index in [-0.39, 0.29) is 12.4 Å². The lowest BCUT2D eigenvalue weighted by Gasteiger charge is -2.23. The van der Waals surface area contributed by atoms with Crippen LogP contribution in [0.4, 0.5) is 4.39 Å². The molecule has 0 spiro atoms. The number of aromatic nitrogens is 1.